The lowest BCUT2D eigenvalue weighted by atomic mass is 10.1. The standard InChI is InChI=1S/C85H126N22O28/c86-18-2-1-10-51(79(129)96-19-3-11-53(96)73(123)89-34-66(115)107-44-50(113)31-64(107)85(135)102-25-9-17-59(102)78(128)94-39-71(120)121)95-65(114)33-88-72(122)55-13-5-21-98(55)81(131)60-27-46(109)40-103(60)68(117)36-91-75(125)57-15-7-23-100(57)83(133)62-29-48(111)42-105(62)70(119)38-93-77(127)58-16-8-24-101(58)84(134)63-30-49(112)43-106(63)69(118)37-92-76(126)56-14-6-22-99(56)82(132)61-28-47(110)41-104(61)67(116)35-90-74(124)54-12-4-20-97(54)80(130)52-26-45(108)32-87-52/h45-64,87,108-113H,1-44,86H2,(H,88,122)(H,89,123)(H,90,124)(H,91,125)(H,92,126)(H,93,127)(H,94,128)(H,95,114)(H,120,121)/t45-,46-,47-,48-,49-,50-,51+,52+,53+,54+,55+,56+,57+,58+,59+,60+,61+,62+,63+,64+/m1/s1. The average Bonchev–Trinajstić information content (AvgIpc) is 1.66. The summed E-state index contributed by atoms with van der Waals surface area (Å²) < 4.78 is 0. The van der Waals surface area contributed by atoms with Gasteiger partial charge in [-0.2, -0.15) is 0 Å². The zero-order valence-electron chi connectivity index (χ0n) is 75.3. The lowest BCUT2D eigenvalue weighted by Gasteiger charge is -2.32. The Hall–Kier alpha value is -11.4. The molecule has 18 N–H and O–H groups in total. The van der Waals surface area contributed by atoms with Crippen LogP contribution in [0, 0.1) is 0 Å². The van der Waals surface area contributed by atoms with Gasteiger partial charge in [-0.25, -0.2) is 0 Å². The molecule has 0 aliphatic carbocycles. The lowest BCUT2D eigenvalue weighted by Crippen LogP contribution is -2.57. The smallest absolute Gasteiger partial charge is 0.322 e. The molecule has 20 amide bonds. The van der Waals surface area contributed by atoms with Crippen molar-refractivity contribution in [2.24, 2.45) is 5.73 Å². The Kier molecular flexibility index (Phi) is 33.7. The Morgan fingerprint density at radius 2 is 0.533 bits per heavy atom. The van der Waals surface area contributed by atoms with Crippen molar-refractivity contribution in [3.8, 4) is 0 Å². The molecule has 0 radical (unpaired) electrons. The van der Waals surface area contributed by atoms with E-state index in [9.17, 15) is 131 Å². The number of carbonyl (C=O) groups is 21. The van der Waals surface area contributed by atoms with Crippen LogP contribution >= 0.6 is 0 Å². The van der Waals surface area contributed by atoms with Crippen molar-refractivity contribution in [1.82, 2.24) is 107 Å². The van der Waals surface area contributed by atoms with Crippen LogP contribution in [0.1, 0.15) is 148 Å². The van der Waals surface area contributed by atoms with E-state index in [4.69, 9.17) is 10.8 Å². The molecule has 13 rings (SSSR count). The summed E-state index contributed by atoms with van der Waals surface area (Å²) in [5.74, 6) is -15.3. The Bertz CT molecular complexity index is 4550. The normalized spacial score (nSPS) is 29.6. The van der Waals surface area contributed by atoms with E-state index in [2.05, 4.69) is 47.9 Å². The summed E-state index contributed by atoms with van der Waals surface area (Å²) in [6.07, 6.45) is -2.66. The van der Waals surface area contributed by atoms with Crippen LogP contribution in [-0.2, 0) is 101 Å². The van der Waals surface area contributed by atoms with Gasteiger partial charge in [-0.15, -0.1) is 0 Å². The van der Waals surface area contributed by atoms with E-state index < -0.39 is 285 Å². The van der Waals surface area contributed by atoms with Crippen molar-refractivity contribution in [2.75, 3.05) is 137 Å². The molecule has 0 spiro atoms. The van der Waals surface area contributed by atoms with E-state index in [1.165, 1.54) is 34.3 Å². The van der Waals surface area contributed by atoms with Crippen LogP contribution in [0.25, 0.3) is 0 Å². The molecule has 50 heteroatoms. The fraction of sp³-hybridized carbons (Fsp3) is 0.753. The van der Waals surface area contributed by atoms with Gasteiger partial charge in [-0.1, -0.05) is 0 Å². The van der Waals surface area contributed by atoms with E-state index >= 15 is 0 Å². The van der Waals surface area contributed by atoms with Gasteiger partial charge in [0.2, 0.25) is 118 Å². The van der Waals surface area contributed by atoms with E-state index in [1.54, 1.807) is 0 Å². The number of nitrogens with two attached hydrogens (primary N) is 1. The molecular weight excluding hydrogens is 1780 g/mol. The second-order valence-corrected chi connectivity index (χ2v) is 37.3. The number of hydrogen-bond acceptors (Lipinski definition) is 29. The summed E-state index contributed by atoms with van der Waals surface area (Å²) in [6, 6.07) is -15.8. The molecule has 13 aliphatic heterocycles. The number of aliphatic carboxylic acids is 1. The highest BCUT2D eigenvalue weighted by Gasteiger charge is 2.53. The maximum Gasteiger partial charge on any atom is 0.322 e. The molecule has 13 heterocycles. The molecule has 0 unspecified atom stereocenters. The Morgan fingerprint density at radius 1 is 0.289 bits per heavy atom. The second-order valence-electron chi connectivity index (χ2n) is 37.3. The molecule has 50 nitrogen and oxygen atoms in total. The van der Waals surface area contributed by atoms with Gasteiger partial charge in [0, 0.05) is 117 Å². The molecule has 13 saturated heterocycles. The highest BCUT2D eigenvalue weighted by molar-refractivity contribution is 6.02. The number of likely N-dealkylation sites (tertiary alicyclic amines) is 12. The van der Waals surface area contributed by atoms with Crippen LogP contribution in [0.5, 0.6) is 0 Å². The van der Waals surface area contributed by atoms with Crippen molar-refractivity contribution in [3.05, 3.63) is 0 Å². The number of carboxylic acid groups (broad SMARTS) is 1. The van der Waals surface area contributed by atoms with Gasteiger partial charge in [0.1, 0.15) is 85.1 Å². The quantitative estimate of drug-likeness (QED) is 0.0271. The number of carbonyl (C=O) groups excluding carboxylic acids is 20. The van der Waals surface area contributed by atoms with Crippen molar-refractivity contribution >= 4 is 124 Å². The number of amides is 20. The third-order valence-electron chi connectivity index (χ3n) is 28.2. The third-order valence-corrected chi connectivity index (χ3v) is 28.2. The van der Waals surface area contributed by atoms with Crippen molar-refractivity contribution in [1.29, 1.82) is 0 Å². The molecule has 13 fully saturated rings. The molecule has 0 aromatic rings. The van der Waals surface area contributed by atoms with E-state index in [0.717, 1.165) is 24.5 Å². The molecule has 0 aromatic carbocycles. The SMILES string of the molecule is NCCCC[C@H](NC(=O)CNC(=O)[C@@H]1CCCN1C(=O)[C@@H]1C[C@@H](O)CN1C(=O)CNC(=O)[C@@H]1CCCN1C(=O)[C@@H]1C[C@@H](O)CN1C(=O)CNC(=O)[C@@H]1CCCN1C(=O)[C@@H]1C[C@@H](O)CN1C(=O)CNC(=O)[C@@H]1CCCN1C(=O)[C@@H]1C[C@@H](O)CN1C(=O)CNC(=O)[C@@H]1CCCN1C(=O)[C@@H]1C[C@@H](O)CN1)C(=O)N1CCC[C@H]1C(=O)NCC(=O)N1C[C@H](O)C[C@H]1C(=O)N1CCC[C@H]1C(=O)NCC(=O)O. The molecule has 135 heavy (non-hydrogen) atoms. The zero-order chi connectivity index (χ0) is 97.1. The largest absolute Gasteiger partial charge is 0.480 e. The minimum Gasteiger partial charge on any atom is -0.480 e. The van der Waals surface area contributed by atoms with Gasteiger partial charge < -0.3 is 148 Å². The Balaban J connectivity index is 0.537. The van der Waals surface area contributed by atoms with Crippen LogP contribution in [-0.4, -0.2) is 477 Å². The number of aliphatic hydroxyl groups is 6. The first-order chi connectivity index (χ1) is 64.5. The van der Waals surface area contributed by atoms with E-state index in [-0.39, 0.29) is 174 Å². The highest BCUT2D eigenvalue weighted by atomic mass is 16.4. The van der Waals surface area contributed by atoms with E-state index in [1.807, 2.05) is 0 Å². The summed E-state index contributed by atoms with van der Waals surface area (Å²) >= 11 is 0. The summed E-state index contributed by atoms with van der Waals surface area (Å²) in [6.45, 7) is -4.95. The predicted octanol–water partition coefficient (Wildman–Crippen LogP) is -13.0. The van der Waals surface area contributed by atoms with Gasteiger partial charge in [0.15, 0.2) is 0 Å². The average molecular weight is 1900 g/mol. The van der Waals surface area contributed by atoms with Crippen LogP contribution in [0.4, 0.5) is 0 Å². The highest BCUT2D eigenvalue weighted by Crippen LogP contribution is 2.34. The molecule has 0 saturated carbocycles. The molecule has 0 aromatic heterocycles. The van der Waals surface area contributed by atoms with Gasteiger partial charge in [-0.3, -0.25) is 101 Å². The first-order valence-corrected chi connectivity index (χ1v) is 47.1. The van der Waals surface area contributed by atoms with E-state index in [0.29, 0.717) is 70.8 Å². The van der Waals surface area contributed by atoms with Crippen molar-refractivity contribution < 1.29 is 136 Å². The van der Waals surface area contributed by atoms with Crippen LogP contribution in [0.15, 0.2) is 0 Å². The molecular formula is C85H126N22O28. The fourth-order valence-corrected chi connectivity index (χ4v) is 21.5. The third kappa shape index (κ3) is 23.5. The Morgan fingerprint density at radius 3 is 0.785 bits per heavy atom. The van der Waals surface area contributed by atoms with Crippen LogP contribution in [0.3, 0.4) is 0 Å². The molecule has 0 bridgehead atoms. The number of aliphatic hydroxyl groups excluding tert-OH is 6. The van der Waals surface area contributed by atoms with Crippen molar-refractivity contribution in [3.63, 3.8) is 0 Å². The summed E-state index contributed by atoms with van der Waals surface area (Å²) in [5.41, 5.74) is 5.78. The van der Waals surface area contributed by atoms with Gasteiger partial charge in [0.05, 0.1) is 81.9 Å². The lowest BCUT2D eigenvalue weighted by molar-refractivity contribution is -0.148. The molecule has 744 valence electrons. The van der Waals surface area contributed by atoms with Gasteiger partial charge in [0.25, 0.3) is 0 Å². The zero-order valence-corrected chi connectivity index (χ0v) is 75.3. The number of rotatable bonds is 33. The second kappa shape index (κ2) is 45.0. The number of unbranched alkanes of at least 4 members (excludes halogenated alkanes) is 1. The number of nitrogens with one attached hydrogen (secondary N) is 9. The predicted molar refractivity (Wildman–Crippen MR) is 460 cm³/mol. The first kappa shape index (κ1) is 101. The first-order valence-electron chi connectivity index (χ1n) is 47.1. The van der Waals surface area contributed by atoms with Crippen LogP contribution in [0.2, 0.25) is 0 Å². The topological polar surface area (TPSA) is 673 Å². The fourth-order valence-electron chi connectivity index (χ4n) is 21.5. The number of carboxylic acids is 1. The number of hydrogen-bond donors (Lipinski definition) is 17. The maximum absolute atomic E-state index is 14.5. The van der Waals surface area contributed by atoms with Crippen molar-refractivity contribution in [2.45, 2.75) is 269 Å². The van der Waals surface area contributed by atoms with Gasteiger partial charge >= 0.3 is 5.97 Å². The minimum absolute atomic E-state index is 0.0238. The summed E-state index contributed by atoms with van der Waals surface area (Å²) in [5, 5.41) is 96.2. The maximum atomic E-state index is 14.5. The molecule has 13 aliphatic rings. The van der Waals surface area contributed by atoms with Crippen LogP contribution < -0.4 is 53.6 Å². The number of β-amino-alcohol motifs (C(OH)–C–C–N with tert-alkyl or cyclic N) is 6. The summed E-state index contributed by atoms with van der Waals surface area (Å²) in [7, 11) is 0. The van der Waals surface area contributed by atoms with Gasteiger partial charge in [-0.05, 0) is 122 Å². The Labute approximate surface area is 776 Å². The molecule has 20 atom stereocenters. The minimum atomic E-state index is -1.33. The monoisotopic (exact) mass is 1900 g/mol. The summed E-state index contributed by atoms with van der Waals surface area (Å²) in [4.78, 5) is 304. The number of nitrogens with zero attached hydrogens (tertiary/aromatic N) is 12.